The van der Waals surface area contributed by atoms with Gasteiger partial charge in [-0.3, -0.25) is 0 Å². The summed E-state index contributed by atoms with van der Waals surface area (Å²) in [5.41, 5.74) is 0.708. The van der Waals surface area contributed by atoms with Gasteiger partial charge < -0.3 is 13.6 Å². The van der Waals surface area contributed by atoms with Crippen LogP contribution in [0.1, 0.15) is 12.8 Å². The van der Waals surface area contributed by atoms with Crippen LogP contribution < -0.4 is 10.4 Å². The van der Waals surface area contributed by atoms with Crippen LogP contribution in [0.3, 0.4) is 0 Å². The molecule has 1 unspecified atom stereocenters. The van der Waals surface area contributed by atoms with Crippen molar-refractivity contribution in [3.63, 3.8) is 0 Å². The molecule has 1 atom stereocenters. The van der Waals surface area contributed by atoms with E-state index in [1.54, 1.807) is 48.6 Å². The fourth-order valence-corrected chi connectivity index (χ4v) is 3.47. The Labute approximate surface area is 162 Å². The second-order valence-electron chi connectivity index (χ2n) is 5.64. The van der Waals surface area contributed by atoms with Crippen molar-refractivity contribution < 1.29 is 13.6 Å². The van der Waals surface area contributed by atoms with Gasteiger partial charge in [0, 0.05) is 30.3 Å². The molecule has 4 aromatic rings. The Morgan fingerprint density at radius 2 is 1.85 bits per heavy atom. The number of nitrogens with zero attached hydrogens (tertiary/aromatic N) is 2. The minimum atomic E-state index is -0.394. The van der Waals surface area contributed by atoms with Gasteiger partial charge >= 0.3 is 5.63 Å². The first-order valence-electron chi connectivity index (χ1n) is 8.28. The van der Waals surface area contributed by atoms with Crippen LogP contribution in [0.5, 0.6) is 5.75 Å². The van der Waals surface area contributed by atoms with E-state index in [1.165, 1.54) is 6.07 Å². The van der Waals surface area contributed by atoms with Crippen molar-refractivity contribution in [1.29, 1.82) is 0 Å². The van der Waals surface area contributed by atoms with E-state index in [1.807, 2.05) is 6.07 Å². The molecule has 0 spiro atoms. The minimum absolute atomic E-state index is 0. The lowest BCUT2D eigenvalue weighted by molar-refractivity contribution is 0.316. The van der Waals surface area contributed by atoms with Crippen LogP contribution >= 0.6 is 21.7 Å². The van der Waals surface area contributed by atoms with Gasteiger partial charge in [0.2, 0.25) is 0 Å². The number of thioether (sulfide) groups is 1. The first-order chi connectivity index (χ1) is 12.8. The number of unbranched alkanes of at least 4 members (excludes halogenated alkanes) is 1. The Bertz CT molecular complexity index is 1080. The summed E-state index contributed by atoms with van der Waals surface area (Å²) in [6, 6.07) is 8.51. The summed E-state index contributed by atoms with van der Waals surface area (Å²) in [6.07, 6.45) is 6.97. The van der Waals surface area contributed by atoms with Crippen LogP contribution in [-0.4, -0.2) is 22.3 Å². The molecule has 0 saturated heterocycles. The number of ether oxygens (including phenoxy) is 1. The third kappa shape index (κ3) is 4.49. The number of rotatable bonds is 7. The number of aromatic nitrogens is 2. The Morgan fingerprint density at radius 1 is 1.04 bits per heavy atom. The highest BCUT2D eigenvalue weighted by molar-refractivity contribution is 7.99. The molecule has 3 heterocycles. The Balaban J connectivity index is 0.00000210. The molecule has 0 aliphatic heterocycles. The molecule has 8 heteroatoms. The summed E-state index contributed by atoms with van der Waals surface area (Å²) in [7, 11) is 0. The lowest BCUT2D eigenvalue weighted by Gasteiger charge is -2.10. The topological polar surface area (TPSA) is 78.4 Å². The van der Waals surface area contributed by atoms with Gasteiger partial charge in [0.15, 0.2) is 5.16 Å². The zero-order valence-corrected chi connectivity index (χ0v) is 16.8. The number of hydrogen-bond donors (Lipinski definition) is 0. The Kier molecular flexibility index (Phi) is 6.48. The molecule has 0 radical (unpaired) electrons. The molecular formula is C19H19N2O4PS. The molecule has 27 heavy (non-hydrogen) atoms. The predicted octanol–water partition coefficient (Wildman–Crippen LogP) is 4.34. The summed E-state index contributed by atoms with van der Waals surface area (Å²) in [6.45, 7) is 0.564. The molecular weight excluding hydrogens is 383 g/mol. The molecule has 0 N–H and O–H groups in total. The third-order valence-electron chi connectivity index (χ3n) is 3.87. The molecule has 0 aliphatic rings. The van der Waals surface area contributed by atoms with Gasteiger partial charge in [-0.05, 0) is 31.0 Å². The smallest absolute Gasteiger partial charge is 0.336 e. The summed E-state index contributed by atoms with van der Waals surface area (Å²) >= 11 is 1.63. The van der Waals surface area contributed by atoms with E-state index in [-0.39, 0.29) is 9.90 Å². The summed E-state index contributed by atoms with van der Waals surface area (Å²) in [4.78, 5) is 19.8. The second kappa shape index (κ2) is 9.02. The molecule has 0 aliphatic carbocycles. The van der Waals surface area contributed by atoms with Crippen molar-refractivity contribution in [2.24, 2.45) is 0 Å². The van der Waals surface area contributed by atoms with Crippen molar-refractivity contribution in [2.45, 2.75) is 18.0 Å². The van der Waals surface area contributed by atoms with E-state index in [2.05, 4.69) is 9.97 Å². The van der Waals surface area contributed by atoms with Crippen LogP contribution in [0.2, 0.25) is 0 Å². The van der Waals surface area contributed by atoms with E-state index >= 15 is 0 Å². The number of benzene rings is 1. The molecule has 0 fully saturated rings. The number of fused-ring (bicyclic) bond motifs is 2. The maximum Gasteiger partial charge on any atom is 0.336 e. The van der Waals surface area contributed by atoms with Crippen molar-refractivity contribution >= 4 is 43.6 Å². The second-order valence-corrected chi connectivity index (χ2v) is 6.70. The van der Waals surface area contributed by atoms with Crippen molar-refractivity contribution in [3.8, 4) is 5.75 Å². The van der Waals surface area contributed by atoms with Crippen molar-refractivity contribution in [3.05, 3.63) is 59.4 Å². The zero-order valence-electron chi connectivity index (χ0n) is 14.6. The van der Waals surface area contributed by atoms with Gasteiger partial charge in [0.1, 0.15) is 16.9 Å². The van der Waals surface area contributed by atoms with E-state index < -0.39 is 5.63 Å². The predicted molar refractivity (Wildman–Crippen MR) is 111 cm³/mol. The highest BCUT2D eigenvalue weighted by atomic mass is 32.2. The van der Waals surface area contributed by atoms with Gasteiger partial charge in [-0.2, -0.15) is 9.90 Å². The van der Waals surface area contributed by atoms with Gasteiger partial charge in [0.05, 0.1) is 23.6 Å². The van der Waals surface area contributed by atoms with Gasteiger partial charge in [0.25, 0.3) is 0 Å². The average Bonchev–Trinajstić information content (AvgIpc) is 3.12. The fourth-order valence-electron chi connectivity index (χ4n) is 2.67. The third-order valence-corrected chi connectivity index (χ3v) is 4.83. The van der Waals surface area contributed by atoms with E-state index in [9.17, 15) is 4.79 Å². The SMILES string of the molecule is O=c1ccc2c(OCCCCSc3ncccn3)c3ccoc3cc2o1.P. The van der Waals surface area contributed by atoms with Gasteiger partial charge in [-0.1, -0.05) is 11.8 Å². The van der Waals surface area contributed by atoms with Crippen LogP contribution in [0.4, 0.5) is 0 Å². The largest absolute Gasteiger partial charge is 0.492 e. The first-order valence-corrected chi connectivity index (χ1v) is 9.26. The first kappa shape index (κ1) is 19.4. The Morgan fingerprint density at radius 3 is 2.70 bits per heavy atom. The maximum absolute atomic E-state index is 11.5. The number of hydrogen-bond acceptors (Lipinski definition) is 7. The fraction of sp³-hybridized carbons (Fsp3) is 0.211. The average molecular weight is 402 g/mol. The molecule has 140 valence electrons. The zero-order chi connectivity index (χ0) is 17.8. The van der Waals surface area contributed by atoms with E-state index in [0.717, 1.165) is 34.5 Å². The maximum atomic E-state index is 11.5. The lowest BCUT2D eigenvalue weighted by Crippen LogP contribution is -2.01. The van der Waals surface area contributed by atoms with E-state index in [0.29, 0.717) is 23.5 Å². The molecule has 3 aromatic heterocycles. The van der Waals surface area contributed by atoms with Crippen LogP contribution in [0.25, 0.3) is 21.9 Å². The van der Waals surface area contributed by atoms with Crippen molar-refractivity contribution in [1.82, 2.24) is 9.97 Å². The van der Waals surface area contributed by atoms with Crippen LogP contribution in [0, 0.1) is 0 Å². The summed E-state index contributed by atoms with van der Waals surface area (Å²) < 4.78 is 16.7. The normalized spacial score (nSPS) is 10.8. The minimum Gasteiger partial charge on any atom is -0.492 e. The number of furan rings is 1. The molecule has 0 saturated carbocycles. The highest BCUT2D eigenvalue weighted by Crippen LogP contribution is 2.35. The molecule has 0 amide bonds. The van der Waals surface area contributed by atoms with Gasteiger partial charge in [-0.25, -0.2) is 14.8 Å². The lowest BCUT2D eigenvalue weighted by atomic mass is 10.1. The van der Waals surface area contributed by atoms with E-state index in [4.69, 9.17) is 13.6 Å². The highest BCUT2D eigenvalue weighted by Gasteiger charge is 2.13. The molecule has 1 aromatic carbocycles. The quantitative estimate of drug-likeness (QED) is 0.150. The van der Waals surface area contributed by atoms with Crippen LogP contribution in [-0.2, 0) is 0 Å². The molecule has 4 rings (SSSR count). The summed E-state index contributed by atoms with van der Waals surface area (Å²) in [5, 5.41) is 2.43. The standard InChI is InChI=1S/C19H16N2O4S.H3P/c22-17-5-4-13-16(25-17)12-15-14(6-10-23-15)18(13)24-9-1-2-11-26-19-20-7-3-8-21-19;/h3-8,10,12H,1-2,9,11H2;1H3. The van der Waals surface area contributed by atoms with Crippen molar-refractivity contribution in [2.75, 3.05) is 12.4 Å². The van der Waals surface area contributed by atoms with Gasteiger partial charge in [-0.15, -0.1) is 0 Å². The monoisotopic (exact) mass is 402 g/mol. The molecule has 0 bridgehead atoms. The molecule has 6 nitrogen and oxygen atoms in total. The summed E-state index contributed by atoms with van der Waals surface area (Å²) in [5.74, 6) is 1.62. The van der Waals surface area contributed by atoms with Crippen LogP contribution in [0.15, 0.2) is 67.8 Å². The Hall–Kier alpha value is -2.37.